The third-order valence-corrected chi connectivity index (χ3v) is 6.11. The number of anilines is 2. The molecule has 3 aromatic rings. The van der Waals surface area contributed by atoms with Crippen molar-refractivity contribution in [2.75, 3.05) is 37.6 Å². The number of para-hydroxylation sites is 1. The van der Waals surface area contributed by atoms with Gasteiger partial charge in [0.05, 0.1) is 31.6 Å². The second kappa shape index (κ2) is 14.6. The lowest BCUT2D eigenvalue weighted by Crippen LogP contribution is -2.27. The van der Waals surface area contributed by atoms with Crippen LogP contribution in [0.25, 0.3) is 0 Å². The molecule has 0 radical (unpaired) electrons. The van der Waals surface area contributed by atoms with Gasteiger partial charge >= 0.3 is 5.97 Å². The van der Waals surface area contributed by atoms with Gasteiger partial charge in [-0.25, -0.2) is 0 Å². The van der Waals surface area contributed by atoms with Gasteiger partial charge in [-0.2, -0.15) is 0 Å². The first-order chi connectivity index (χ1) is 18.8. The van der Waals surface area contributed by atoms with Crippen molar-refractivity contribution in [2.24, 2.45) is 0 Å². The number of nitrogens with zero attached hydrogens (tertiary/aromatic N) is 1. The fourth-order valence-corrected chi connectivity index (χ4v) is 4.01. The van der Waals surface area contributed by atoms with Gasteiger partial charge in [0.1, 0.15) is 11.5 Å². The highest BCUT2D eigenvalue weighted by Crippen LogP contribution is 2.30. The van der Waals surface area contributed by atoms with Crippen LogP contribution < -0.4 is 19.7 Å². The number of aryl methyl sites for hydroxylation is 1. The van der Waals surface area contributed by atoms with Crippen LogP contribution in [-0.4, -0.2) is 45.2 Å². The van der Waals surface area contributed by atoms with Gasteiger partial charge in [-0.15, -0.1) is 0 Å². The summed E-state index contributed by atoms with van der Waals surface area (Å²) >= 11 is 0. The molecule has 206 valence electrons. The van der Waals surface area contributed by atoms with Gasteiger partial charge in [0, 0.05) is 24.7 Å². The average Bonchev–Trinajstić information content (AvgIpc) is 2.94. The summed E-state index contributed by atoms with van der Waals surface area (Å²) in [7, 11) is 3.22. The van der Waals surface area contributed by atoms with Gasteiger partial charge in [0.25, 0.3) is 11.8 Å². The minimum Gasteiger partial charge on any atom is -0.496 e. The Morgan fingerprint density at radius 3 is 2.36 bits per heavy atom. The maximum atomic E-state index is 13.3. The Morgan fingerprint density at radius 1 is 0.897 bits per heavy atom. The van der Waals surface area contributed by atoms with E-state index < -0.39 is 0 Å². The van der Waals surface area contributed by atoms with E-state index in [1.807, 2.05) is 25.1 Å². The molecule has 8 nitrogen and oxygen atoms in total. The molecular weight excluding hydrogens is 496 g/mol. The smallest absolute Gasteiger partial charge is 0.305 e. The molecule has 2 amide bonds. The summed E-state index contributed by atoms with van der Waals surface area (Å²) in [5.74, 6) is 0.422. The lowest BCUT2D eigenvalue weighted by atomic mass is 10.1. The maximum Gasteiger partial charge on any atom is 0.305 e. The minimum absolute atomic E-state index is 0.175. The molecule has 0 saturated carbocycles. The van der Waals surface area contributed by atoms with E-state index in [4.69, 9.17) is 14.2 Å². The van der Waals surface area contributed by atoms with Crippen molar-refractivity contribution in [3.63, 3.8) is 0 Å². The highest BCUT2D eigenvalue weighted by Gasteiger charge is 2.18. The zero-order valence-electron chi connectivity index (χ0n) is 23.0. The Labute approximate surface area is 229 Å². The second-order valence-corrected chi connectivity index (χ2v) is 9.03. The molecule has 0 aromatic heterocycles. The fraction of sp³-hybridized carbons (Fsp3) is 0.323. The quantitative estimate of drug-likeness (QED) is 0.213. The van der Waals surface area contributed by atoms with Crippen LogP contribution in [0.2, 0.25) is 0 Å². The second-order valence-electron chi connectivity index (χ2n) is 9.03. The van der Waals surface area contributed by atoms with Crippen molar-refractivity contribution in [3.8, 4) is 11.5 Å². The monoisotopic (exact) mass is 532 g/mol. The third kappa shape index (κ3) is 8.33. The van der Waals surface area contributed by atoms with E-state index in [0.29, 0.717) is 53.6 Å². The molecule has 0 spiro atoms. The molecule has 0 aliphatic rings. The van der Waals surface area contributed by atoms with Gasteiger partial charge < -0.3 is 24.4 Å². The Bertz CT molecular complexity index is 1270. The van der Waals surface area contributed by atoms with Crippen molar-refractivity contribution in [2.45, 2.75) is 39.5 Å². The molecule has 0 atom stereocenters. The van der Waals surface area contributed by atoms with E-state index in [1.165, 1.54) is 7.11 Å². The minimum atomic E-state index is -0.300. The lowest BCUT2D eigenvalue weighted by molar-refractivity contribution is -0.143. The van der Waals surface area contributed by atoms with Gasteiger partial charge in [-0.05, 0) is 87.2 Å². The van der Waals surface area contributed by atoms with Crippen LogP contribution in [0.5, 0.6) is 11.5 Å². The van der Waals surface area contributed by atoms with E-state index >= 15 is 0 Å². The molecule has 0 bridgehead atoms. The Balaban J connectivity index is 1.60. The number of esters is 1. The van der Waals surface area contributed by atoms with E-state index in [-0.39, 0.29) is 17.8 Å². The summed E-state index contributed by atoms with van der Waals surface area (Å²) in [5, 5.41) is 2.84. The summed E-state index contributed by atoms with van der Waals surface area (Å²) < 4.78 is 16.2. The first-order valence-corrected chi connectivity index (χ1v) is 13.1. The number of unbranched alkanes of at least 4 members (excludes halogenated alkanes) is 2. The van der Waals surface area contributed by atoms with Gasteiger partial charge in [-0.1, -0.05) is 18.2 Å². The molecule has 0 saturated heterocycles. The largest absolute Gasteiger partial charge is 0.496 e. The lowest BCUT2D eigenvalue weighted by Gasteiger charge is -2.21. The molecule has 3 rings (SSSR count). The summed E-state index contributed by atoms with van der Waals surface area (Å²) in [6.45, 7) is 4.64. The van der Waals surface area contributed by atoms with Crippen molar-refractivity contribution in [1.82, 2.24) is 0 Å². The van der Waals surface area contributed by atoms with Gasteiger partial charge in [0.15, 0.2) is 0 Å². The number of methoxy groups -OCH3 is 1. The van der Waals surface area contributed by atoms with Crippen LogP contribution in [0.3, 0.4) is 0 Å². The number of carbonyl (C=O) groups excluding carboxylic acids is 3. The van der Waals surface area contributed by atoms with Crippen molar-refractivity contribution in [3.05, 3.63) is 83.4 Å². The first-order valence-electron chi connectivity index (χ1n) is 13.1. The van der Waals surface area contributed by atoms with Gasteiger partial charge in [-0.3, -0.25) is 14.4 Å². The zero-order chi connectivity index (χ0) is 28.2. The number of rotatable bonds is 13. The van der Waals surface area contributed by atoms with Crippen LogP contribution in [-0.2, 0) is 9.53 Å². The summed E-state index contributed by atoms with van der Waals surface area (Å²) in [5.41, 5.74) is 3.13. The molecule has 39 heavy (non-hydrogen) atoms. The van der Waals surface area contributed by atoms with Gasteiger partial charge in [0.2, 0.25) is 0 Å². The molecular formula is C31H36N2O6. The average molecular weight is 533 g/mol. The van der Waals surface area contributed by atoms with Crippen molar-refractivity contribution >= 4 is 29.2 Å². The van der Waals surface area contributed by atoms with E-state index in [1.54, 1.807) is 67.4 Å². The summed E-state index contributed by atoms with van der Waals surface area (Å²) in [4.78, 5) is 39.0. The molecule has 1 N–H and O–H groups in total. The van der Waals surface area contributed by atoms with E-state index in [2.05, 4.69) is 5.32 Å². The summed E-state index contributed by atoms with van der Waals surface area (Å²) in [6, 6.07) is 19.4. The number of hydrogen-bond donors (Lipinski definition) is 1. The van der Waals surface area contributed by atoms with Crippen molar-refractivity contribution in [1.29, 1.82) is 0 Å². The molecule has 0 heterocycles. The fourth-order valence-electron chi connectivity index (χ4n) is 4.01. The predicted octanol–water partition coefficient (Wildman–Crippen LogP) is 6.03. The highest BCUT2D eigenvalue weighted by atomic mass is 16.5. The predicted molar refractivity (Wildman–Crippen MR) is 152 cm³/mol. The zero-order valence-corrected chi connectivity index (χ0v) is 23.0. The number of ether oxygens (including phenoxy) is 3. The SMILES string of the molecule is CCOC(=O)CCCCCOc1cc(C)ccc1N(C)C(=O)c1ccc(NC(=O)c2ccccc2OC)cc1. The topological polar surface area (TPSA) is 94.2 Å². The van der Waals surface area contributed by atoms with E-state index in [9.17, 15) is 14.4 Å². The Kier molecular flexibility index (Phi) is 10.9. The first kappa shape index (κ1) is 29.2. The normalized spacial score (nSPS) is 10.5. The Hall–Kier alpha value is -4.33. The molecule has 0 unspecified atom stereocenters. The maximum absolute atomic E-state index is 13.3. The molecule has 8 heteroatoms. The summed E-state index contributed by atoms with van der Waals surface area (Å²) in [6.07, 6.45) is 2.78. The van der Waals surface area contributed by atoms with Crippen LogP contribution in [0, 0.1) is 6.92 Å². The molecule has 3 aromatic carbocycles. The standard InChI is InChI=1S/C31H36N2O6/c1-5-38-29(34)13-7-6-10-20-39-28-21-22(2)14-19-26(28)33(3)31(36)23-15-17-24(18-16-23)32-30(35)25-11-8-9-12-27(25)37-4/h8-9,11-12,14-19,21H,5-7,10,13,20H2,1-4H3,(H,32,35). The Morgan fingerprint density at radius 2 is 1.64 bits per heavy atom. The number of nitrogens with one attached hydrogen (secondary N) is 1. The molecule has 0 aliphatic carbocycles. The number of amides is 2. The molecule has 0 aliphatic heterocycles. The van der Waals surface area contributed by atoms with Crippen LogP contribution >= 0.6 is 0 Å². The number of benzene rings is 3. The highest BCUT2D eigenvalue weighted by molar-refractivity contribution is 6.08. The van der Waals surface area contributed by atoms with E-state index in [0.717, 1.165) is 24.8 Å². The molecule has 0 fully saturated rings. The number of hydrogen-bond acceptors (Lipinski definition) is 6. The van der Waals surface area contributed by atoms with Crippen LogP contribution in [0.1, 0.15) is 58.9 Å². The third-order valence-electron chi connectivity index (χ3n) is 6.11. The van der Waals surface area contributed by atoms with Crippen LogP contribution in [0.4, 0.5) is 11.4 Å². The number of carbonyl (C=O) groups is 3. The van der Waals surface area contributed by atoms with Crippen LogP contribution in [0.15, 0.2) is 66.7 Å². The van der Waals surface area contributed by atoms with Crippen molar-refractivity contribution < 1.29 is 28.6 Å².